The Labute approximate surface area is 573 Å². The smallest absolute Gasteiger partial charge is 0.457 e. The number of rotatable bonds is 79. The molecule has 0 aromatic carbocycles. The molecule has 0 rings (SSSR count). The number of unbranched alkanes of at least 4 members (excludes halogenated alkanes) is 44. The zero-order valence-corrected chi connectivity index (χ0v) is 61.3. The molecule has 5 atom stereocenters. The minimum Gasteiger partial charge on any atom is -0.457 e. The number of aliphatic hydroxyl groups is 1. The first kappa shape index (κ1) is 91.8. The number of allylic oxidation sites excluding steroid dienone is 6. The van der Waals surface area contributed by atoms with Crippen LogP contribution in [0.15, 0.2) is 36.5 Å². The van der Waals surface area contributed by atoms with Crippen LogP contribution in [0.4, 0.5) is 0 Å². The zero-order chi connectivity index (χ0) is 68.5. The second-order valence-corrected chi connectivity index (χ2v) is 28.7. The summed E-state index contributed by atoms with van der Waals surface area (Å²) in [5.41, 5.74) is 0. The molecule has 0 radical (unpaired) electrons. The van der Waals surface area contributed by atoms with Gasteiger partial charge in [-0.05, 0) is 122 Å². The van der Waals surface area contributed by atoms with E-state index in [-0.39, 0.29) is 26.2 Å². The molecular formula is C75H140O17P2. The quantitative estimate of drug-likeness (QED) is 0.0169. The molecule has 0 bridgehead atoms. The lowest BCUT2D eigenvalue weighted by molar-refractivity contribution is -0.154. The third kappa shape index (κ3) is 72.5. The fourth-order valence-corrected chi connectivity index (χ4v) is 12.4. The van der Waals surface area contributed by atoms with Crippen LogP contribution >= 0.6 is 15.6 Å². The van der Waals surface area contributed by atoms with Crippen LogP contribution in [0.5, 0.6) is 0 Å². The Morgan fingerprint density at radius 3 is 0.936 bits per heavy atom. The summed E-state index contributed by atoms with van der Waals surface area (Å²) in [6.07, 6.45) is 68.7. The number of esters is 1. The van der Waals surface area contributed by atoms with E-state index in [1.54, 1.807) is 0 Å². The minimum absolute atomic E-state index is 0.0492. The maximum Gasteiger partial charge on any atom is 0.472 e. The van der Waals surface area contributed by atoms with E-state index in [2.05, 4.69) is 43.4 Å². The van der Waals surface area contributed by atoms with Gasteiger partial charge in [-0.15, -0.1) is 0 Å². The van der Waals surface area contributed by atoms with Gasteiger partial charge in [-0.25, -0.2) is 9.13 Å². The standard InChI is InChI=1S/C75H140O17P2/c1-2-3-4-5-6-7-8-17-24-31-38-45-52-59-75(80)92-74(69-86-64-57-50-43-36-29-22-16-13-20-27-34-41-48-55-62-78)71-91-94(83,84)89-67-72(79)66-88-93(81,82)90-70-73(68-85-63-56-49-42-35-28-21-15-12-19-26-33-40-47-54-61-77)87-65-58-51-44-37-30-23-14-10-9-11-18-25-32-39-46-53-60-76/h9,11-13,15-16,60-62,72-74,79H,2-8,10,14,17-59,63-71H2,1H3,(H,81,82)(H,83,84)/b11-9-,15-12-,16-13-/t72-,73-,74-/m1/s1. The second kappa shape index (κ2) is 73.5. The SMILES string of the molecule is CCCCCCCCCCCCCCCC(=O)O[C@H](COCCCCCCC/C=C\CCCCCCC=O)COP(=O)(O)OC[C@H](O)COP(=O)(O)OC[C@@H](COCCCCCCC/C=C\CCCCCCC=O)OCCCCCCCCC/C=C\CCCCCCC=O. The van der Waals surface area contributed by atoms with Crippen molar-refractivity contribution in [1.29, 1.82) is 0 Å². The van der Waals surface area contributed by atoms with Gasteiger partial charge in [-0.2, -0.15) is 0 Å². The van der Waals surface area contributed by atoms with E-state index in [4.69, 9.17) is 37.0 Å². The van der Waals surface area contributed by atoms with Gasteiger partial charge in [0.05, 0.1) is 39.6 Å². The highest BCUT2D eigenvalue weighted by atomic mass is 31.2. The van der Waals surface area contributed by atoms with Gasteiger partial charge < -0.3 is 48.2 Å². The molecule has 0 aromatic heterocycles. The largest absolute Gasteiger partial charge is 0.472 e. The third-order valence-electron chi connectivity index (χ3n) is 16.6. The highest BCUT2D eigenvalue weighted by molar-refractivity contribution is 7.47. The molecule has 0 spiro atoms. The van der Waals surface area contributed by atoms with Crippen molar-refractivity contribution in [2.75, 3.05) is 59.5 Å². The molecular weight excluding hydrogens is 1230 g/mol. The molecule has 0 aliphatic carbocycles. The van der Waals surface area contributed by atoms with Gasteiger partial charge in [0.15, 0.2) is 0 Å². The van der Waals surface area contributed by atoms with E-state index in [9.17, 15) is 43.2 Å². The van der Waals surface area contributed by atoms with E-state index >= 15 is 0 Å². The molecule has 0 aromatic rings. The molecule has 0 heterocycles. The van der Waals surface area contributed by atoms with Crippen LogP contribution in [0.25, 0.3) is 0 Å². The highest BCUT2D eigenvalue weighted by Gasteiger charge is 2.29. The molecule has 0 saturated heterocycles. The van der Waals surface area contributed by atoms with Gasteiger partial charge >= 0.3 is 21.6 Å². The summed E-state index contributed by atoms with van der Waals surface area (Å²) in [4.78, 5) is 65.6. The highest BCUT2D eigenvalue weighted by Crippen LogP contribution is 2.45. The number of aldehydes is 3. The van der Waals surface area contributed by atoms with Gasteiger partial charge in [0.25, 0.3) is 0 Å². The van der Waals surface area contributed by atoms with Crippen molar-refractivity contribution >= 4 is 40.5 Å². The fraction of sp³-hybridized carbons (Fsp3) is 0.867. The predicted molar refractivity (Wildman–Crippen MR) is 382 cm³/mol. The number of carbonyl (C=O) groups is 4. The number of aliphatic hydroxyl groups excluding tert-OH is 1. The molecule has 19 heteroatoms. The Morgan fingerprint density at radius 1 is 0.330 bits per heavy atom. The first-order chi connectivity index (χ1) is 46.0. The van der Waals surface area contributed by atoms with Gasteiger partial charge in [0.2, 0.25) is 0 Å². The molecule has 0 aliphatic rings. The van der Waals surface area contributed by atoms with Crippen molar-refractivity contribution in [2.45, 2.75) is 359 Å². The van der Waals surface area contributed by atoms with E-state index in [1.165, 1.54) is 103 Å². The lowest BCUT2D eigenvalue weighted by Gasteiger charge is -2.21. The van der Waals surface area contributed by atoms with Gasteiger partial charge in [-0.1, -0.05) is 230 Å². The molecule has 3 N–H and O–H groups in total. The number of hydrogen-bond donors (Lipinski definition) is 3. The van der Waals surface area contributed by atoms with Crippen molar-refractivity contribution in [2.24, 2.45) is 0 Å². The maximum absolute atomic E-state index is 13.1. The van der Waals surface area contributed by atoms with Crippen molar-refractivity contribution in [3.63, 3.8) is 0 Å². The summed E-state index contributed by atoms with van der Waals surface area (Å²) in [5, 5.41) is 10.6. The predicted octanol–water partition coefficient (Wildman–Crippen LogP) is 20.5. The number of ether oxygens (including phenoxy) is 4. The van der Waals surface area contributed by atoms with Crippen molar-refractivity contribution in [3.05, 3.63) is 36.5 Å². The Morgan fingerprint density at radius 2 is 0.596 bits per heavy atom. The van der Waals surface area contributed by atoms with Gasteiger partial charge in [0, 0.05) is 45.5 Å². The summed E-state index contributed by atoms with van der Waals surface area (Å²) >= 11 is 0. The lowest BCUT2D eigenvalue weighted by atomic mass is 10.0. The van der Waals surface area contributed by atoms with Gasteiger partial charge in [-0.3, -0.25) is 22.9 Å². The number of phosphoric acid groups is 2. The lowest BCUT2D eigenvalue weighted by Crippen LogP contribution is -2.29. The van der Waals surface area contributed by atoms with Crippen molar-refractivity contribution < 1.29 is 80.2 Å². The first-order valence-electron chi connectivity index (χ1n) is 38.1. The number of carbonyl (C=O) groups excluding carboxylic acids is 4. The van der Waals surface area contributed by atoms with Crippen molar-refractivity contribution in [3.8, 4) is 0 Å². The summed E-state index contributed by atoms with van der Waals surface area (Å²) in [7, 11) is -9.55. The summed E-state index contributed by atoms with van der Waals surface area (Å²) in [5.74, 6) is -0.450. The van der Waals surface area contributed by atoms with Gasteiger partial charge in [0.1, 0.15) is 37.2 Å². The average molecular weight is 1380 g/mol. The maximum atomic E-state index is 13.1. The summed E-state index contributed by atoms with van der Waals surface area (Å²) in [6.45, 7) is 1.36. The van der Waals surface area contributed by atoms with Crippen LogP contribution in [-0.2, 0) is 65.4 Å². The summed E-state index contributed by atoms with van der Waals surface area (Å²) < 4.78 is 70.5. The van der Waals surface area contributed by atoms with Crippen LogP contribution in [-0.4, -0.2) is 117 Å². The first-order valence-corrected chi connectivity index (χ1v) is 41.1. The third-order valence-corrected chi connectivity index (χ3v) is 18.5. The molecule has 0 fully saturated rings. The monoisotopic (exact) mass is 1370 g/mol. The molecule has 0 saturated carbocycles. The number of phosphoric ester groups is 2. The van der Waals surface area contributed by atoms with E-state index in [0.29, 0.717) is 45.5 Å². The Bertz CT molecular complexity index is 1840. The normalized spacial score (nSPS) is 14.3. The molecule has 17 nitrogen and oxygen atoms in total. The van der Waals surface area contributed by atoms with Crippen LogP contribution < -0.4 is 0 Å². The van der Waals surface area contributed by atoms with Crippen LogP contribution in [0.1, 0.15) is 341 Å². The van der Waals surface area contributed by atoms with Crippen molar-refractivity contribution in [1.82, 2.24) is 0 Å². The Hall–Kier alpha value is -2.24. The molecule has 0 amide bonds. The second-order valence-electron chi connectivity index (χ2n) is 25.8. The van der Waals surface area contributed by atoms with Crippen LogP contribution in [0.3, 0.4) is 0 Å². The fourth-order valence-electron chi connectivity index (χ4n) is 10.8. The van der Waals surface area contributed by atoms with Crippen LogP contribution in [0, 0.1) is 0 Å². The average Bonchev–Trinajstić information content (AvgIpc) is 2.41. The molecule has 552 valence electrons. The molecule has 2 unspecified atom stereocenters. The van der Waals surface area contributed by atoms with E-state index < -0.39 is 59.7 Å². The number of hydrogen-bond acceptors (Lipinski definition) is 15. The van der Waals surface area contributed by atoms with E-state index in [1.807, 2.05) is 0 Å². The van der Waals surface area contributed by atoms with E-state index in [0.717, 1.165) is 218 Å². The summed E-state index contributed by atoms with van der Waals surface area (Å²) in [6, 6.07) is 0. The minimum atomic E-state index is -4.82. The Balaban J connectivity index is 5.09. The Kier molecular flexibility index (Phi) is 71.7. The van der Waals surface area contributed by atoms with Crippen LogP contribution in [0.2, 0.25) is 0 Å². The zero-order valence-electron chi connectivity index (χ0n) is 59.5. The molecule has 0 aliphatic heterocycles. The topological polar surface area (TPSA) is 237 Å². The molecule has 94 heavy (non-hydrogen) atoms.